The third-order valence-corrected chi connectivity index (χ3v) is 4.14. The Balaban J connectivity index is 0.00000364. The maximum Gasteiger partial charge on any atom is 0.193 e. The van der Waals surface area contributed by atoms with Crippen LogP contribution in [0.3, 0.4) is 0 Å². The van der Waals surface area contributed by atoms with Crippen LogP contribution in [-0.4, -0.2) is 43.3 Å². The summed E-state index contributed by atoms with van der Waals surface area (Å²) in [6.45, 7) is 7.78. The molecule has 0 aliphatic rings. The van der Waals surface area contributed by atoms with Gasteiger partial charge < -0.3 is 19.5 Å². The number of aryl methyl sites for hydroxylation is 2. The van der Waals surface area contributed by atoms with E-state index < -0.39 is 0 Å². The van der Waals surface area contributed by atoms with E-state index in [4.69, 9.17) is 9.26 Å². The smallest absolute Gasteiger partial charge is 0.193 e. The van der Waals surface area contributed by atoms with Gasteiger partial charge in [0.1, 0.15) is 5.76 Å². The number of hydrogen-bond acceptors (Lipinski definition) is 4. The van der Waals surface area contributed by atoms with Gasteiger partial charge in [0.2, 0.25) is 0 Å². The third kappa shape index (κ3) is 6.37. The van der Waals surface area contributed by atoms with E-state index in [0.717, 1.165) is 41.5 Å². The Morgan fingerprint density at radius 3 is 2.67 bits per heavy atom. The summed E-state index contributed by atoms with van der Waals surface area (Å²) >= 11 is 0. The summed E-state index contributed by atoms with van der Waals surface area (Å²) in [7, 11) is 3.39. The van der Waals surface area contributed by atoms with Crippen molar-refractivity contribution < 1.29 is 13.7 Å². The van der Waals surface area contributed by atoms with Gasteiger partial charge in [0.05, 0.1) is 12.8 Å². The molecule has 1 heterocycles. The van der Waals surface area contributed by atoms with Gasteiger partial charge in [-0.1, -0.05) is 11.2 Å². The molecule has 2 rings (SSSR count). The fraction of sp³-hybridized carbons (Fsp3) is 0.474. The number of benzene rings is 1. The molecule has 27 heavy (non-hydrogen) atoms. The van der Waals surface area contributed by atoms with Gasteiger partial charge in [0.15, 0.2) is 17.5 Å². The highest BCUT2D eigenvalue weighted by molar-refractivity contribution is 14.0. The predicted molar refractivity (Wildman–Crippen MR) is 115 cm³/mol. The van der Waals surface area contributed by atoms with Crippen LogP contribution >= 0.6 is 24.0 Å². The highest BCUT2D eigenvalue weighted by atomic mass is 127. The second kappa shape index (κ2) is 11.1. The second-order valence-corrected chi connectivity index (χ2v) is 6.11. The van der Waals surface area contributed by atoms with Crippen LogP contribution < -0.4 is 10.1 Å². The predicted octanol–water partition coefficient (Wildman–Crippen LogP) is 3.70. The van der Waals surface area contributed by atoms with Crippen molar-refractivity contribution in [3.8, 4) is 5.75 Å². The zero-order valence-corrected chi connectivity index (χ0v) is 18.8. The Morgan fingerprint density at radius 1 is 1.37 bits per heavy atom. The van der Waals surface area contributed by atoms with E-state index in [1.54, 1.807) is 6.07 Å². The molecule has 1 N–H and O–H groups in total. The monoisotopic (exact) mass is 490 g/mol. The van der Waals surface area contributed by atoms with E-state index >= 15 is 0 Å². The van der Waals surface area contributed by atoms with Crippen molar-refractivity contribution in [2.45, 2.75) is 33.7 Å². The van der Waals surface area contributed by atoms with Gasteiger partial charge in [-0.05, 0) is 44.9 Å². The standard InChI is InChI=1S/C19H27FN4O2.HI/c1-6-21-19(22-10-9-16-13(2)23-26-14(16)3)24(4)12-15-7-8-18(25-5)17(20)11-15;/h7-8,11H,6,9-10,12H2,1-5H3,(H,21,22);1H. The molecule has 0 fully saturated rings. The average Bonchev–Trinajstić information content (AvgIpc) is 2.93. The molecule has 2 aromatic rings. The van der Waals surface area contributed by atoms with Crippen LogP contribution in [0.4, 0.5) is 4.39 Å². The average molecular weight is 490 g/mol. The number of halogens is 2. The lowest BCUT2D eigenvalue weighted by Crippen LogP contribution is -2.38. The van der Waals surface area contributed by atoms with Gasteiger partial charge in [-0.2, -0.15) is 0 Å². The maximum atomic E-state index is 13.9. The van der Waals surface area contributed by atoms with Crippen LogP contribution in [-0.2, 0) is 13.0 Å². The Labute approximate surface area is 177 Å². The van der Waals surface area contributed by atoms with E-state index in [-0.39, 0.29) is 35.5 Å². The summed E-state index contributed by atoms with van der Waals surface area (Å²) in [4.78, 5) is 6.64. The Hall–Kier alpha value is -1.84. The normalized spacial score (nSPS) is 11.1. The minimum atomic E-state index is -0.362. The van der Waals surface area contributed by atoms with Crippen LogP contribution in [0.25, 0.3) is 0 Å². The van der Waals surface area contributed by atoms with Crippen molar-refractivity contribution >= 4 is 29.9 Å². The molecule has 6 nitrogen and oxygen atoms in total. The number of guanidine groups is 1. The van der Waals surface area contributed by atoms with Gasteiger partial charge in [0, 0.05) is 32.2 Å². The number of aromatic nitrogens is 1. The molecule has 150 valence electrons. The molecule has 1 aromatic carbocycles. The highest BCUT2D eigenvalue weighted by Gasteiger charge is 2.11. The number of ether oxygens (including phenoxy) is 1. The molecule has 0 unspecified atom stereocenters. The molecule has 0 aliphatic heterocycles. The molecule has 1 aromatic heterocycles. The molecule has 0 atom stereocenters. The minimum Gasteiger partial charge on any atom is -0.494 e. The lowest BCUT2D eigenvalue weighted by atomic mass is 10.1. The zero-order valence-electron chi connectivity index (χ0n) is 16.5. The van der Waals surface area contributed by atoms with Crippen LogP contribution in [0.2, 0.25) is 0 Å². The Bertz CT molecular complexity index is 745. The molecular weight excluding hydrogens is 462 g/mol. The van der Waals surface area contributed by atoms with Gasteiger partial charge in [0.25, 0.3) is 0 Å². The second-order valence-electron chi connectivity index (χ2n) is 6.11. The highest BCUT2D eigenvalue weighted by Crippen LogP contribution is 2.18. The SMILES string of the molecule is CCNC(=NCCc1c(C)noc1C)N(C)Cc1ccc(OC)c(F)c1.I. The fourth-order valence-electron chi connectivity index (χ4n) is 2.76. The third-order valence-electron chi connectivity index (χ3n) is 4.14. The van der Waals surface area contributed by atoms with Crippen LogP contribution in [0, 0.1) is 19.7 Å². The molecular formula is C19H28FIN4O2. The van der Waals surface area contributed by atoms with Gasteiger partial charge in [-0.25, -0.2) is 4.39 Å². The fourth-order valence-corrected chi connectivity index (χ4v) is 2.76. The largest absolute Gasteiger partial charge is 0.494 e. The summed E-state index contributed by atoms with van der Waals surface area (Å²) in [5, 5.41) is 7.24. The number of hydrogen-bond donors (Lipinski definition) is 1. The first-order valence-electron chi connectivity index (χ1n) is 8.69. The number of aliphatic imine (C=N–C) groups is 1. The molecule has 8 heteroatoms. The number of rotatable bonds is 7. The van der Waals surface area contributed by atoms with Crippen molar-refractivity contribution in [3.63, 3.8) is 0 Å². The van der Waals surface area contributed by atoms with Crippen molar-refractivity contribution in [1.82, 2.24) is 15.4 Å². The molecule has 0 saturated heterocycles. The minimum absolute atomic E-state index is 0. The molecule has 0 spiro atoms. The van der Waals surface area contributed by atoms with Crippen molar-refractivity contribution in [1.29, 1.82) is 0 Å². The van der Waals surface area contributed by atoms with Crippen LogP contribution in [0.5, 0.6) is 5.75 Å². The van der Waals surface area contributed by atoms with Gasteiger partial charge >= 0.3 is 0 Å². The number of methoxy groups -OCH3 is 1. The summed E-state index contributed by atoms with van der Waals surface area (Å²) < 4.78 is 24.0. The molecule has 0 radical (unpaired) electrons. The number of nitrogens with zero attached hydrogens (tertiary/aromatic N) is 3. The first-order valence-corrected chi connectivity index (χ1v) is 8.69. The van der Waals surface area contributed by atoms with Gasteiger partial charge in [-0.3, -0.25) is 4.99 Å². The first-order chi connectivity index (χ1) is 12.5. The first kappa shape index (κ1) is 23.2. The van der Waals surface area contributed by atoms with E-state index in [1.165, 1.54) is 13.2 Å². The van der Waals surface area contributed by atoms with Crippen LogP contribution in [0.15, 0.2) is 27.7 Å². The van der Waals surface area contributed by atoms with Gasteiger partial charge in [-0.15, -0.1) is 24.0 Å². The zero-order chi connectivity index (χ0) is 19.1. The van der Waals surface area contributed by atoms with Crippen molar-refractivity contribution in [2.24, 2.45) is 4.99 Å². The van der Waals surface area contributed by atoms with Crippen molar-refractivity contribution in [3.05, 3.63) is 46.6 Å². The summed E-state index contributed by atoms with van der Waals surface area (Å²) in [6, 6.07) is 4.98. The molecule has 0 aliphatic carbocycles. The lowest BCUT2D eigenvalue weighted by Gasteiger charge is -2.22. The quantitative estimate of drug-likeness (QED) is 0.365. The number of nitrogens with one attached hydrogen (secondary N) is 1. The molecule has 0 amide bonds. The Kier molecular flexibility index (Phi) is 9.54. The maximum absolute atomic E-state index is 13.9. The lowest BCUT2D eigenvalue weighted by molar-refractivity contribution is 0.385. The van der Waals surface area contributed by atoms with E-state index in [0.29, 0.717) is 13.1 Å². The summed E-state index contributed by atoms with van der Waals surface area (Å²) in [5.74, 6) is 1.50. The molecule has 0 bridgehead atoms. The Morgan fingerprint density at radius 2 is 2.11 bits per heavy atom. The topological polar surface area (TPSA) is 62.9 Å². The summed E-state index contributed by atoms with van der Waals surface area (Å²) in [5.41, 5.74) is 2.86. The van der Waals surface area contributed by atoms with E-state index in [1.807, 2.05) is 38.8 Å². The van der Waals surface area contributed by atoms with E-state index in [9.17, 15) is 4.39 Å². The van der Waals surface area contributed by atoms with Crippen molar-refractivity contribution in [2.75, 3.05) is 27.2 Å². The summed E-state index contributed by atoms with van der Waals surface area (Å²) in [6.07, 6.45) is 0.765. The van der Waals surface area contributed by atoms with E-state index in [2.05, 4.69) is 15.5 Å². The molecule has 0 saturated carbocycles. The van der Waals surface area contributed by atoms with Crippen LogP contribution in [0.1, 0.15) is 29.5 Å².